The molecule has 0 aliphatic carbocycles. The third-order valence-electron chi connectivity index (χ3n) is 1.15. The Bertz CT molecular complexity index is 68.5. The van der Waals surface area contributed by atoms with Crippen LogP contribution in [-0.2, 0) is 0 Å². The molecular weight excluding hydrogens is 102 g/mol. The summed E-state index contributed by atoms with van der Waals surface area (Å²) in [6, 6.07) is 0. The molecule has 0 aromatic carbocycles. The van der Waals surface area contributed by atoms with Crippen LogP contribution < -0.4 is 4.98 Å². The maximum atomic E-state index is 3.70. The van der Waals surface area contributed by atoms with Crippen molar-refractivity contribution in [2.45, 2.75) is 13.1 Å². The lowest BCUT2D eigenvalue weighted by Gasteiger charge is -2.13. The molecule has 0 atom stereocenters. The molecule has 1 nitrogen and oxygen atoms in total. The van der Waals surface area contributed by atoms with E-state index >= 15 is 0 Å². The topological polar surface area (TPSA) is 12.0 Å². The van der Waals surface area contributed by atoms with Crippen LogP contribution in [0.5, 0.6) is 0 Å². The monoisotopic (exact) mass is 115 g/mol. The van der Waals surface area contributed by atoms with Gasteiger partial charge in [-0.1, -0.05) is 18.8 Å². The summed E-state index contributed by atoms with van der Waals surface area (Å²) in [6.45, 7) is 8.12. The van der Waals surface area contributed by atoms with Gasteiger partial charge in [0, 0.05) is 0 Å². The van der Waals surface area contributed by atoms with Crippen LogP contribution in [0.25, 0.3) is 0 Å². The highest BCUT2D eigenvalue weighted by Gasteiger charge is 2.10. The minimum absolute atomic E-state index is 1.14. The van der Waals surface area contributed by atoms with Crippen molar-refractivity contribution in [3.05, 3.63) is 12.3 Å². The molecule has 0 fully saturated rings. The van der Waals surface area contributed by atoms with E-state index in [-0.39, 0.29) is 0 Å². The number of nitrogens with one attached hydrogen (secondary N) is 1. The summed E-state index contributed by atoms with van der Waals surface area (Å²) < 4.78 is 0. The SMILES string of the molecule is C=C[Si](C)(C)NC. The lowest BCUT2D eigenvalue weighted by Crippen LogP contribution is -2.39. The Morgan fingerprint density at radius 2 is 2.00 bits per heavy atom. The molecule has 1 N–H and O–H groups in total. The third kappa shape index (κ3) is 2.59. The van der Waals surface area contributed by atoms with E-state index in [0.29, 0.717) is 0 Å². The van der Waals surface area contributed by atoms with E-state index in [0.717, 1.165) is 0 Å². The Kier molecular flexibility index (Phi) is 2.26. The first-order chi connectivity index (χ1) is 3.12. The predicted molar refractivity (Wildman–Crippen MR) is 36.7 cm³/mol. The summed E-state index contributed by atoms with van der Waals surface area (Å²) in [4.78, 5) is 3.21. The van der Waals surface area contributed by atoms with Gasteiger partial charge in [-0.25, -0.2) is 0 Å². The maximum absolute atomic E-state index is 3.70. The van der Waals surface area contributed by atoms with Gasteiger partial charge in [-0.3, -0.25) is 0 Å². The van der Waals surface area contributed by atoms with Crippen molar-refractivity contribution < 1.29 is 0 Å². The first-order valence-electron chi connectivity index (χ1n) is 2.45. The van der Waals surface area contributed by atoms with Crippen molar-refractivity contribution in [3.63, 3.8) is 0 Å². The maximum Gasteiger partial charge on any atom is 0.143 e. The predicted octanol–water partition coefficient (Wildman–Crippen LogP) is 1.14. The van der Waals surface area contributed by atoms with Gasteiger partial charge in [0.1, 0.15) is 8.24 Å². The summed E-state index contributed by atoms with van der Waals surface area (Å²) in [5.74, 6) is 0. The largest absolute Gasteiger partial charge is 0.337 e. The molecule has 0 heterocycles. The summed E-state index contributed by atoms with van der Waals surface area (Å²) in [7, 11) is 0.843. The quantitative estimate of drug-likeness (QED) is 0.532. The van der Waals surface area contributed by atoms with E-state index in [2.05, 4.69) is 24.7 Å². The highest BCUT2D eigenvalue weighted by Crippen LogP contribution is 1.93. The third-order valence-corrected chi connectivity index (χ3v) is 3.46. The zero-order valence-electron chi connectivity index (χ0n) is 5.28. The van der Waals surface area contributed by atoms with Crippen LogP contribution in [0.4, 0.5) is 0 Å². The van der Waals surface area contributed by atoms with Gasteiger partial charge >= 0.3 is 0 Å². The lowest BCUT2D eigenvalue weighted by molar-refractivity contribution is 1.18. The van der Waals surface area contributed by atoms with Crippen molar-refractivity contribution in [3.8, 4) is 0 Å². The molecule has 42 valence electrons. The Hall–Kier alpha value is -0.0831. The van der Waals surface area contributed by atoms with Gasteiger partial charge in [0.25, 0.3) is 0 Å². The fourth-order valence-corrected chi connectivity index (χ4v) is 0.306. The van der Waals surface area contributed by atoms with Crippen molar-refractivity contribution in [2.24, 2.45) is 0 Å². The van der Waals surface area contributed by atoms with Crippen molar-refractivity contribution >= 4 is 8.24 Å². The highest BCUT2D eigenvalue weighted by molar-refractivity contribution is 6.79. The van der Waals surface area contributed by atoms with Crippen LogP contribution in [0.3, 0.4) is 0 Å². The Morgan fingerprint density at radius 1 is 1.57 bits per heavy atom. The molecule has 0 rings (SSSR count). The molecule has 0 aliphatic heterocycles. The summed E-state index contributed by atoms with van der Waals surface area (Å²) in [5.41, 5.74) is 2.02. The van der Waals surface area contributed by atoms with E-state index < -0.39 is 8.24 Å². The smallest absolute Gasteiger partial charge is 0.143 e. The molecule has 0 unspecified atom stereocenters. The van der Waals surface area contributed by atoms with Crippen LogP contribution in [0, 0.1) is 0 Å². The molecule has 0 saturated heterocycles. The van der Waals surface area contributed by atoms with E-state index in [9.17, 15) is 0 Å². The number of rotatable bonds is 2. The molecule has 0 aromatic rings. The highest BCUT2D eigenvalue weighted by atomic mass is 28.3. The summed E-state index contributed by atoms with van der Waals surface area (Å²) >= 11 is 0. The summed E-state index contributed by atoms with van der Waals surface area (Å²) in [6.07, 6.45) is 0. The molecule has 0 saturated carbocycles. The molecule has 0 radical (unpaired) electrons. The van der Waals surface area contributed by atoms with E-state index in [1.165, 1.54) is 0 Å². The van der Waals surface area contributed by atoms with Gasteiger partial charge in [-0.2, -0.15) is 0 Å². The van der Waals surface area contributed by atoms with Crippen LogP contribution in [0.2, 0.25) is 13.1 Å². The van der Waals surface area contributed by atoms with Crippen molar-refractivity contribution in [2.75, 3.05) is 7.05 Å². The summed E-state index contributed by atoms with van der Waals surface area (Å²) in [5, 5.41) is 0. The molecule has 0 amide bonds. The number of hydrogen-bond donors (Lipinski definition) is 1. The average Bonchev–Trinajstić information content (AvgIpc) is 1.68. The normalized spacial score (nSPS) is 11.3. The first kappa shape index (κ1) is 6.92. The van der Waals surface area contributed by atoms with Gasteiger partial charge < -0.3 is 4.98 Å². The van der Waals surface area contributed by atoms with Gasteiger partial charge in [0.15, 0.2) is 0 Å². The van der Waals surface area contributed by atoms with Gasteiger partial charge in [-0.15, -0.1) is 6.58 Å². The second kappa shape index (κ2) is 2.28. The van der Waals surface area contributed by atoms with E-state index in [4.69, 9.17) is 0 Å². The van der Waals surface area contributed by atoms with Gasteiger partial charge in [-0.05, 0) is 7.05 Å². The minimum atomic E-state index is -1.14. The fraction of sp³-hybridized carbons (Fsp3) is 0.600. The Morgan fingerprint density at radius 3 is 2.00 bits per heavy atom. The molecule has 2 heteroatoms. The molecule has 0 spiro atoms. The van der Waals surface area contributed by atoms with E-state index in [1.807, 2.05) is 12.7 Å². The Balaban J connectivity index is 3.58. The van der Waals surface area contributed by atoms with Crippen molar-refractivity contribution in [1.82, 2.24) is 4.98 Å². The zero-order chi connectivity index (χ0) is 5.91. The standard InChI is InChI=1S/C5H13NSi/c1-5-7(3,4)6-2/h5-6H,1H2,2-4H3. The van der Waals surface area contributed by atoms with Crippen LogP contribution in [0.15, 0.2) is 12.3 Å². The minimum Gasteiger partial charge on any atom is -0.337 e. The van der Waals surface area contributed by atoms with Crippen molar-refractivity contribution in [1.29, 1.82) is 0 Å². The molecule has 7 heavy (non-hydrogen) atoms. The van der Waals surface area contributed by atoms with Crippen LogP contribution in [-0.4, -0.2) is 15.3 Å². The van der Waals surface area contributed by atoms with Crippen LogP contribution in [0.1, 0.15) is 0 Å². The molecule has 0 aromatic heterocycles. The number of hydrogen-bond acceptors (Lipinski definition) is 1. The average molecular weight is 115 g/mol. The zero-order valence-corrected chi connectivity index (χ0v) is 6.28. The molecule has 0 bridgehead atoms. The van der Waals surface area contributed by atoms with Gasteiger partial charge in [0.05, 0.1) is 0 Å². The second-order valence-electron chi connectivity index (χ2n) is 2.18. The van der Waals surface area contributed by atoms with Gasteiger partial charge in [0.2, 0.25) is 0 Å². The Labute approximate surface area is 46.5 Å². The first-order valence-corrected chi connectivity index (χ1v) is 5.52. The second-order valence-corrected chi connectivity index (χ2v) is 6.53. The molecular formula is C5H13NSi. The fourth-order valence-electron chi connectivity index (χ4n) is 0.102. The molecule has 0 aliphatic rings. The van der Waals surface area contributed by atoms with E-state index in [1.54, 1.807) is 0 Å². The van der Waals surface area contributed by atoms with Crippen LogP contribution >= 0.6 is 0 Å². The lowest BCUT2D eigenvalue weighted by atomic mass is 11.3.